The largest absolute Gasteiger partial charge is 0.463 e. The Morgan fingerprint density at radius 1 is 0.812 bits per heavy atom. The van der Waals surface area contributed by atoms with Gasteiger partial charge in [0.1, 0.15) is 19.3 Å². The molecule has 0 saturated carbocycles. The van der Waals surface area contributed by atoms with Crippen LogP contribution in [0, 0.1) is 0 Å². The summed E-state index contributed by atoms with van der Waals surface area (Å²) in [6, 6.07) is 24.6. The van der Waals surface area contributed by atoms with Crippen molar-refractivity contribution in [2.45, 2.75) is 25.5 Å². The molecule has 1 atom stereocenters. The zero-order chi connectivity index (χ0) is 22.3. The minimum atomic E-state index is -0.704. The molecule has 4 rings (SSSR count). The Kier molecular flexibility index (Phi) is 6.82. The Morgan fingerprint density at radius 3 is 2.03 bits per heavy atom. The van der Waals surface area contributed by atoms with Gasteiger partial charge in [0, 0.05) is 28.2 Å². The third kappa shape index (κ3) is 4.65. The summed E-state index contributed by atoms with van der Waals surface area (Å²) in [5.41, 5.74) is 2.70. The maximum absolute atomic E-state index is 13.3. The number of hydrogen-bond donors (Lipinski definition) is 1. The second-order valence-corrected chi connectivity index (χ2v) is 7.50. The zero-order valence-corrected chi connectivity index (χ0v) is 17.6. The average Bonchev–Trinajstić information content (AvgIpc) is 3.17. The zero-order valence-electron chi connectivity index (χ0n) is 17.6. The van der Waals surface area contributed by atoms with Gasteiger partial charge in [-0.3, -0.25) is 4.79 Å². The van der Waals surface area contributed by atoms with Crippen LogP contribution in [0.1, 0.15) is 24.4 Å². The van der Waals surface area contributed by atoms with Gasteiger partial charge in [-0.25, -0.2) is 4.79 Å². The minimum absolute atomic E-state index is 0.0337. The molecule has 0 amide bonds. The molecule has 164 valence electrons. The van der Waals surface area contributed by atoms with Crippen LogP contribution in [0.5, 0.6) is 0 Å². The van der Waals surface area contributed by atoms with Crippen LogP contribution in [0.25, 0.3) is 21.8 Å². The summed E-state index contributed by atoms with van der Waals surface area (Å²) in [6.07, 6.45) is 0.256. The lowest BCUT2D eigenvalue weighted by atomic mass is 10.1. The number of benzene rings is 3. The summed E-state index contributed by atoms with van der Waals surface area (Å²) in [5.74, 6) is -0.865. The topological polar surface area (TPSA) is 77.8 Å². The number of aliphatic hydroxyl groups excluding tert-OH is 1. The second-order valence-electron chi connectivity index (χ2n) is 7.50. The molecule has 0 aliphatic heterocycles. The molecule has 0 aliphatic rings. The van der Waals surface area contributed by atoms with E-state index in [0.717, 1.165) is 27.4 Å². The van der Waals surface area contributed by atoms with Crippen molar-refractivity contribution in [2.24, 2.45) is 0 Å². The minimum Gasteiger partial charge on any atom is -0.463 e. The third-order valence-corrected chi connectivity index (χ3v) is 5.40. The quantitative estimate of drug-likeness (QED) is 0.398. The fraction of sp³-hybridized carbons (Fsp3) is 0.231. The molecule has 0 fully saturated rings. The molecule has 0 saturated heterocycles. The first-order valence-corrected chi connectivity index (χ1v) is 10.6. The Morgan fingerprint density at radius 2 is 1.41 bits per heavy atom. The molecule has 0 bridgehead atoms. The Labute approximate surface area is 186 Å². The third-order valence-electron chi connectivity index (χ3n) is 5.40. The number of carbonyl (C=O) groups is 2. The fourth-order valence-corrected chi connectivity index (χ4v) is 3.95. The smallest absolute Gasteiger partial charge is 0.329 e. The van der Waals surface area contributed by atoms with Gasteiger partial charge in [0.25, 0.3) is 0 Å². The molecule has 3 aromatic carbocycles. The van der Waals surface area contributed by atoms with Crippen LogP contribution in [0.4, 0.5) is 0 Å². The first-order valence-electron chi connectivity index (χ1n) is 10.6. The van der Waals surface area contributed by atoms with E-state index in [-0.39, 0.29) is 32.7 Å². The normalized spacial score (nSPS) is 12.0. The van der Waals surface area contributed by atoms with Crippen molar-refractivity contribution < 1.29 is 24.2 Å². The van der Waals surface area contributed by atoms with Crippen LogP contribution in [0.2, 0.25) is 0 Å². The molecule has 1 N–H and O–H groups in total. The number of carbonyl (C=O) groups excluding carboxylic acids is 2. The molecule has 0 aliphatic carbocycles. The van der Waals surface area contributed by atoms with Crippen molar-refractivity contribution in [3.63, 3.8) is 0 Å². The van der Waals surface area contributed by atoms with Gasteiger partial charge in [-0.05, 0) is 24.1 Å². The number of ether oxygens (including phenoxy) is 2. The highest BCUT2D eigenvalue weighted by Gasteiger charge is 2.27. The van der Waals surface area contributed by atoms with Crippen molar-refractivity contribution in [3.05, 3.63) is 84.4 Å². The lowest BCUT2D eigenvalue weighted by Crippen LogP contribution is -2.23. The molecule has 1 aromatic heterocycles. The fourth-order valence-electron chi connectivity index (χ4n) is 3.95. The molecule has 0 radical (unpaired) electrons. The molecule has 1 unspecified atom stereocenters. The molecule has 0 spiro atoms. The number of nitrogens with zero attached hydrogens (tertiary/aromatic N) is 1. The lowest BCUT2D eigenvalue weighted by Gasteiger charge is -2.20. The van der Waals surface area contributed by atoms with Crippen LogP contribution in [0.15, 0.2) is 78.9 Å². The van der Waals surface area contributed by atoms with E-state index < -0.39 is 18.0 Å². The number of aromatic nitrogens is 1. The van der Waals surface area contributed by atoms with E-state index in [2.05, 4.69) is 0 Å². The Balaban J connectivity index is 1.68. The number of hydrogen-bond acceptors (Lipinski definition) is 5. The highest BCUT2D eigenvalue weighted by Crippen LogP contribution is 2.34. The van der Waals surface area contributed by atoms with Crippen molar-refractivity contribution in [1.29, 1.82) is 0 Å². The SMILES string of the molecule is O=C(CCC(C(=O)OCc1ccccc1)n1c2ccccc2c2ccccc21)OCCO. The standard InChI is InChI=1S/C26H25NO5/c28-16-17-31-25(29)15-14-24(26(30)32-18-19-8-2-1-3-9-19)27-22-12-6-4-10-20(22)21-11-5-7-13-23(21)27/h1-13,24,28H,14-18H2. The molecule has 6 heteroatoms. The highest BCUT2D eigenvalue weighted by atomic mass is 16.5. The lowest BCUT2D eigenvalue weighted by molar-refractivity contribution is -0.150. The van der Waals surface area contributed by atoms with Crippen LogP contribution in [0.3, 0.4) is 0 Å². The summed E-state index contributed by atoms with van der Waals surface area (Å²) in [5, 5.41) is 11.0. The van der Waals surface area contributed by atoms with Gasteiger partial charge in [-0.1, -0.05) is 66.7 Å². The van der Waals surface area contributed by atoms with Gasteiger partial charge in [0.2, 0.25) is 0 Å². The van der Waals surface area contributed by atoms with Crippen molar-refractivity contribution in [2.75, 3.05) is 13.2 Å². The number of rotatable bonds is 9. The number of aliphatic hydroxyl groups is 1. The number of esters is 2. The van der Waals surface area contributed by atoms with E-state index in [1.54, 1.807) is 0 Å². The van der Waals surface area contributed by atoms with E-state index >= 15 is 0 Å². The van der Waals surface area contributed by atoms with Gasteiger partial charge in [0.05, 0.1) is 6.61 Å². The van der Waals surface area contributed by atoms with E-state index in [4.69, 9.17) is 14.6 Å². The van der Waals surface area contributed by atoms with E-state index in [0.29, 0.717) is 0 Å². The van der Waals surface area contributed by atoms with Crippen LogP contribution in [-0.4, -0.2) is 34.8 Å². The molecular formula is C26H25NO5. The molecular weight excluding hydrogens is 406 g/mol. The predicted octanol–water partition coefficient (Wildman–Crippen LogP) is 4.39. The van der Waals surface area contributed by atoms with Crippen molar-refractivity contribution in [3.8, 4) is 0 Å². The molecule has 4 aromatic rings. The second kappa shape index (κ2) is 10.1. The summed E-state index contributed by atoms with van der Waals surface area (Å²) >= 11 is 0. The van der Waals surface area contributed by atoms with Crippen molar-refractivity contribution in [1.82, 2.24) is 4.57 Å². The van der Waals surface area contributed by atoms with Gasteiger partial charge in [0.15, 0.2) is 0 Å². The maximum Gasteiger partial charge on any atom is 0.329 e. The predicted molar refractivity (Wildman–Crippen MR) is 122 cm³/mol. The van der Waals surface area contributed by atoms with Gasteiger partial charge < -0.3 is 19.1 Å². The number of para-hydroxylation sites is 2. The first-order chi connectivity index (χ1) is 15.7. The van der Waals surface area contributed by atoms with E-state index in [1.165, 1.54) is 0 Å². The maximum atomic E-state index is 13.3. The summed E-state index contributed by atoms with van der Waals surface area (Å²) in [6.45, 7) is -0.138. The Hall–Kier alpha value is -3.64. The van der Waals surface area contributed by atoms with Crippen LogP contribution < -0.4 is 0 Å². The first kappa shape index (κ1) is 21.6. The van der Waals surface area contributed by atoms with Gasteiger partial charge in [-0.2, -0.15) is 0 Å². The van der Waals surface area contributed by atoms with Crippen molar-refractivity contribution >= 4 is 33.7 Å². The number of fused-ring (bicyclic) bond motifs is 3. The van der Waals surface area contributed by atoms with Gasteiger partial charge >= 0.3 is 11.9 Å². The summed E-state index contributed by atoms with van der Waals surface area (Å²) in [7, 11) is 0. The summed E-state index contributed by atoms with van der Waals surface area (Å²) in [4.78, 5) is 25.4. The Bertz CT molecular complexity index is 1160. The van der Waals surface area contributed by atoms with Crippen LogP contribution in [-0.2, 0) is 25.7 Å². The summed E-state index contributed by atoms with van der Waals surface area (Å²) < 4.78 is 12.6. The van der Waals surface area contributed by atoms with Crippen LogP contribution >= 0.6 is 0 Å². The molecule has 6 nitrogen and oxygen atoms in total. The average molecular weight is 431 g/mol. The van der Waals surface area contributed by atoms with Gasteiger partial charge in [-0.15, -0.1) is 0 Å². The van der Waals surface area contributed by atoms with E-state index in [1.807, 2.05) is 83.4 Å². The van der Waals surface area contributed by atoms with E-state index in [9.17, 15) is 9.59 Å². The monoisotopic (exact) mass is 431 g/mol. The molecule has 1 heterocycles. The molecule has 32 heavy (non-hydrogen) atoms. The highest BCUT2D eigenvalue weighted by molar-refractivity contribution is 6.08.